The Hall–Kier alpha value is -0.500. The van der Waals surface area contributed by atoms with E-state index in [0.29, 0.717) is 13.2 Å². The number of rotatable bonds is 2. The molecule has 0 atom stereocenters. The van der Waals surface area contributed by atoms with Gasteiger partial charge in [0.05, 0.1) is 13.2 Å². The van der Waals surface area contributed by atoms with E-state index in [2.05, 4.69) is 0 Å². The van der Waals surface area contributed by atoms with Crippen LogP contribution in [0.15, 0.2) is 15.7 Å². The van der Waals surface area contributed by atoms with Crippen molar-refractivity contribution in [1.29, 1.82) is 0 Å². The third-order valence-corrected chi connectivity index (χ3v) is 4.04. The van der Waals surface area contributed by atoms with Crippen LogP contribution in [0.1, 0.15) is 11.9 Å². The molecule has 4 nitrogen and oxygen atoms in total. The molecular weight excluding hydrogens is 231 g/mol. The third-order valence-electron chi connectivity index (χ3n) is 1.76. The lowest BCUT2D eigenvalue weighted by molar-refractivity contribution is -0.0456. The summed E-state index contributed by atoms with van der Waals surface area (Å²) in [5, 5.41) is 1.49. The Morgan fingerprint density at radius 3 is 2.64 bits per heavy atom. The normalized spacial score (nSPS) is 18.9. The first-order chi connectivity index (χ1) is 6.59. The number of hydrogen-bond donors (Lipinski definition) is 0. The molecule has 2 rings (SSSR count). The second-order valence-electron chi connectivity index (χ2n) is 2.67. The topological polar surface area (TPSA) is 52.6 Å². The van der Waals surface area contributed by atoms with Gasteiger partial charge < -0.3 is 9.47 Å². The highest BCUT2D eigenvalue weighted by atomic mass is 32.3. The van der Waals surface area contributed by atoms with Crippen LogP contribution in [0.4, 0.5) is 3.89 Å². The monoisotopic (exact) mass is 238 g/mol. The van der Waals surface area contributed by atoms with E-state index in [1.807, 2.05) is 0 Å². The Bertz CT molecular complexity index is 419. The van der Waals surface area contributed by atoms with Crippen LogP contribution in [0.5, 0.6) is 0 Å². The molecule has 0 radical (unpaired) electrons. The Balaban J connectivity index is 2.39. The molecule has 78 valence electrons. The Morgan fingerprint density at radius 1 is 1.43 bits per heavy atom. The van der Waals surface area contributed by atoms with Gasteiger partial charge >= 0.3 is 10.2 Å². The summed E-state index contributed by atoms with van der Waals surface area (Å²) in [6, 6.07) is 1.49. The van der Waals surface area contributed by atoms with Crippen LogP contribution < -0.4 is 0 Å². The zero-order chi connectivity index (χ0) is 10.2. The Kier molecular flexibility index (Phi) is 2.56. The van der Waals surface area contributed by atoms with Gasteiger partial charge in [0, 0.05) is 5.56 Å². The second kappa shape index (κ2) is 3.58. The number of thiophene rings is 1. The van der Waals surface area contributed by atoms with Crippen LogP contribution in [0.2, 0.25) is 0 Å². The van der Waals surface area contributed by atoms with E-state index in [4.69, 9.17) is 9.47 Å². The maximum atomic E-state index is 12.7. The molecule has 0 amide bonds. The standard InChI is InChI=1S/C7H7FO4S2/c8-14(9,10)7-5(1-4-13-7)6-11-2-3-12-6/h1,4,6H,2-3H2. The highest BCUT2D eigenvalue weighted by Gasteiger charge is 2.28. The molecule has 0 aromatic carbocycles. The quantitative estimate of drug-likeness (QED) is 0.732. The summed E-state index contributed by atoms with van der Waals surface area (Å²) in [4.78, 5) is 0. The molecular formula is C7H7FO4S2. The van der Waals surface area contributed by atoms with Gasteiger partial charge in [0.2, 0.25) is 0 Å². The minimum Gasteiger partial charge on any atom is -0.346 e. The molecule has 2 heterocycles. The number of ether oxygens (including phenoxy) is 2. The van der Waals surface area contributed by atoms with Crippen molar-refractivity contribution in [2.45, 2.75) is 10.5 Å². The molecule has 14 heavy (non-hydrogen) atoms. The van der Waals surface area contributed by atoms with Gasteiger partial charge in [-0.05, 0) is 11.4 Å². The van der Waals surface area contributed by atoms with Crippen molar-refractivity contribution < 1.29 is 21.8 Å². The highest BCUT2D eigenvalue weighted by Crippen LogP contribution is 2.33. The molecule has 0 bridgehead atoms. The van der Waals surface area contributed by atoms with Crippen molar-refractivity contribution in [2.24, 2.45) is 0 Å². The van der Waals surface area contributed by atoms with E-state index in [0.717, 1.165) is 11.3 Å². The summed E-state index contributed by atoms with van der Waals surface area (Å²) in [7, 11) is -4.67. The van der Waals surface area contributed by atoms with Crippen LogP contribution >= 0.6 is 11.3 Å². The third kappa shape index (κ3) is 1.81. The molecule has 0 N–H and O–H groups in total. The molecule has 1 aliphatic rings. The summed E-state index contributed by atoms with van der Waals surface area (Å²) in [6.07, 6.45) is -0.748. The molecule has 0 unspecified atom stereocenters. The van der Waals surface area contributed by atoms with Gasteiger partial charge in [0.25, 0.3) is 0 Å². The van der Waals surface area contributed by atoms with Crippen LogP contribution in [0.3, 0.4) is 0 Å². The smallest absolute Gasteiger partial charge is 0.342 e. The van der Waals surface area contributed by atoms with Gasteiger partial charge in [-0.1, -0.05) is 3.89 Å². The fourth-order valence-corrected chi connectivity index (χ4v) is 2.93. The van der Waals surface area contributed by atoms with Crippen LogP contribution in [0.25, 0.3) is 0 Å². The number of halogens is 1. The van der Waals surface area contributed by atoms with Crippen molar-refractivity contribution in [3.8, 4) is 0 Å². The van der Waals surface area contributed by atoms with E-state index >= 15 is 0 Å². The average Bonchev–Trinajstić information content (AvgIpc) is 2.73. The largest absolute Gasteiger partial charge is 0.346 e. The van der Waals surface area contributed by atoms with E-state index in [9.17, 15) is 12.3 Å². The first-order valence-corrected chi connectivity index (χ1v) is 6.10. The van der Waals surface area contributed by atoms with Gasteiger partial charge in [-0.25, -0.2) is 0 Å². The maximum Gasteiger partial charge on any atom is 0.342 e. The van der Waals surface area contributed by atoms with Crippen molar-refractivity contribution in [1.82, 2.24) is 0 Å². The fraction of sp³-hybridized carbons (Fsp3) is 0.429. The molecule has 1 aliphatic heterocycles. The van der Waals surface area contributed by atoms with Gasteiger partial charge in [-0.2, -0.15) is 8.42 Å². The predicted molar refractivity (Wildman–Crippen MR) is 47.3 cm³/mol. The molecule has 1 saturated heterocycles. The van der Waals surface area contributed by atoms with Gasteiger partial charge in [-0.3, -0.25) is 0 Å². The van der Waals surface area contributed by atoms with E-state index in [-0.39, 0.29) is 9.77 Å². The second-order valence-corrected chi connectivity index (χ2v) is 5.13. The molecule has 1 fully saturated rings. The van der Waals surface area contributed by atoms with Crippen molar-refractivity contribution in [3.05, 3.63) is 17.0 Å². The Morgan fingerprint density at radius 2 is 2.07 bits per heavy atom. The van der Waals surface area contributed by atoms with Gasteiger partial charge in [0.1, 0.15) is 0 Å². The first-order valence-electron chi connectivity index (χ1n) is 3.84. The van der Waals surface area contributed by atoms with Crippen molar-refractivity contribution in [3.63, 3.8) is 0 Å². The average molecular weight is 238 g/mol. The fourth-order valence-electron chi connectivity index (χ4n) is 1.22. The SMILES string of the molecule is O=S(=O)(F)c1sccc1C1OCCO1. The first kappa shape index (κ1) is 10.0. The Labute approximate surface area is 84.5 Å². The maximum absolute atomic E-state index is 12.7. The predicted octanol–water partition coefficient (Wildman–Crippen LogP) is 1.45. The molecule has 0 spiro atoms. The summed E-state index contributed by atoms with van der Waals surface area (Å²) >= 11 is 0.820. The molecule has 0 saturated carbocycles. The molecule has 0 aliphatic carbocycles. The summed E-state index contributed by atoms with van der Waals surface area (Å²) in [5.41, 5.74) is 0.245. The van der Waals surface area contributed by atoms with E-state index in [1.165, 1.54) is 11.4 Å². The van der Waals surface area contributed by atoms with Gasteiger partial charge in [0.15, 0.2) is 10.5 Å². The molecule has 7 heteroatoms. The van der Waals surface area contributed by atoms with E-state index < -0.39 is 16.5 Å². The summed E-state index contributed by atoms with van der Waals surface area (Å²) < 4.78 is 44.0. The molecule has 1 aromatic heterocycles. The van der Waals surface area contributed by atoms with Crippen LogP contribution in [0, 0.1) is 0 Å². The zero-order valence-electron chi connectivity index (χ0n) is 6.97. The van der Waals surface area contributed by atoms with Crippen LogP contribution in [-0.2, 0) is 19.7 Å². The summed E-state index contributed by atoms with van der Waals surface area (Å²) in [5.74, 6) is 0. The van der Waals surface area contributed by atoms with Gasteiger partial charge in [-0.15, -0.1) is 11.3 Å². The lowest BCUT2D eigenvalue weighted by Gasteiger charge is -2.07. The van der Waals surface area contributed by atoms with Crippen LogP contribution in [-0.4, -0.2) is 21.6 Å². The lowest BCUT2D eigenvalue weighted by atomic mass is 10.3. The van der Waals surface area contributed by atoms with E-state index in [1.54, 1.807) is 0 Å². The summed E-state index contributed by atoms with van der Waals surface area (Å²) in [6.45, 7) is 0.790. The highest BCUT2D eigenvalue weighted by molar-refractivity contribution is 7.88. The number of hydrogen-bond acceptors (Lipinski definition) is 5. The van der Waals surface area contributed by atoms with Crippen molar-refractivity contribution in [2.75, 3.05) is 13.2 Å². The minimum absolute atomic E-state index is 0.245. The van der Waals surface area contributed by atoms with Crippen molar-refractivity contribution >= 4 is 21.6 Å². The minimum atomic E-state index is -4.67. The molecule has 1 aromatic rings. The lowest BCUT2D eigenvalue weighted by Crippen LogP contribution is -2.01. The zero-order valence-corrected chi connectivity index (χ0v) is 8.61.